The van der Waals surface area contributed by atoms with Gasteiger partial charge in [-0.15, -0.1) is 0 Å². The van der Waals surface area contributed by atoms with Crippen LogP contribution in [-0.4, -0.2) is 14.3 Å². The molecule has 0 spiro atoms. The lowest BCUT2D eigenvalue weighted by Crippen LogP contribution is -2.15. The quantitative estimate of drug-likeness (QED) is 0.627. The molecule has 0 aliphatic rings. The summed E-state index contributed by atoms with van der Waals surface area (Å²) >= 11 is 5.75. The van der Waals surface area contributed by atoms with Crippen LogP contribution in [-0.2, 0) is 10.0 Å². The van der Waals surface area contributed by atoms with Crippen molar-refractivity contribution in [2.75, 3.05) is 10.0 Å². The van der Waals surface area contributed by atoms with Gasteiger partial charge in [0.2, 0.25) is 0 Å². The molecule has 2 N–H and O–H groups in total. The van der Waals surface area contributed by atoms with Crippen molar-refractivity contribution in [1.82, 2.24) is 0 Å². The van der Waals surface area contributed by atoms with Crippen LogP contribution < -0.4 is 10.0 Å². The second-order valence-corrected chi connectivity index (χ2v) is 7.84. The minimum absolute atomic E-state index is 0.000487. The Labute approximate surface area is 165 Å². The number of carbonyl (C=O) groups is 1. The number of halogens is 3. The van der Waals surface area contributed by atoms with E-state index in [-0.39, 0.29) is 21.8 Å². The first kappa shape index (κ1) is 19.8. The lowest BCUT2D eigenvalue weighted by molar-refractivity contribution is 0.102. The third kappa shape index (κ3) is 4.65. The number of hydrogen-bond acceptors (Lipinski definition) is 3. The molecule has 1 amide bonds. The summed E-state index contributed by atoms with van der Waals surface area (Å²) < 4.78 is 54.4. The fourth-order valence-electron chi connectivity index (χ4n) is 2.33. The van der Waals surface area contributed by atoms with E-state index in [9.17, 15) is 22.0 Å². The molecule has 0 fully saturated rings. The first-order valence-corrected chi connectivity index (χ1v) is 9.75. The van der Waals surface area contributed by atoms with Crippen LogP contribution in [0.4, 0.5) is 20.2 Å². The Hall–Kier alpha value is -2.97. The molecule has 0 saturated carbocycles. The van der Waals surface area contributed by atoms with Crippen molar-refractivity contribution >= 4 is 38.9 Å². The molecule has 0 bridgehead atoms. The number of amides is 1. The number of benzene rings is 3. The van der Waals surface area contributed by atoms with E-state index in [4.69, 9.17) is 11.6 Å². The van der Waals surface area contributed by atoms with Gasteiger partial charge in [-0.05, 0) is 60.7 Å². The summed E-state index contributed by atoms with van der Waals surface area (Å²) in [6.07, 6.45) is 0. The number of hydrogen-bond donors (Lipinski definition) is 2. The van der Waals surface area contributed by atoms with Gasteiger partial charge in [0, 0.05) is 10.6 Å². The van der Waals surface area contributed by atoms with Gasteiger partial charge in [0.15, 0.2) is 0 Å². The molecule has 0 unspecified atom stereocenters. The fraction of sp³-hybridized carbons (Fsp3) is 0. The molecule has 5 nitrogen and oxygen atoms in total. The van der Waals surface area contributed by atoms with Gasteiger partial charge in [0.05, 0.1) is 16.3 Å². The Balaban J connectivity index is 1.79. The van der Waals surface area contributed by atoms with Gasteiger partial charge < -0.3 is 5.32 Å². The van der Waals surface area contributed by atoms with E-state index in [1.807, 2.05) is 0 Å². The summed E-state index contributed by atoms with van der Waals surface area (Å²) in [5.74, 6) is -2.14. The van der Waals surface area contributed by atoms with Crippen LogP contribution in [0.2, 0.25) is 5.02 Å². The van der Waals surface area contributed by atoms with Gasteiger partial charge >= 0.3 is 0 Å². The first-order valence-electron chi connectivity index (χ1n) is 7.89. The second kappa shape index (κ2) is 7.95. The lowest BCUT2D eigenvalue weighted by Gasteiger charge is -2.11. The molecule has 3 rings (SSSR count). The summed E-state index contributed by atoms with van der Waals surface area (Å²) in [4.78, 5) is 11.8. The predicted molar refractivity (Wildman–Crippen MR) is 103 cm³/mol. The van der Waals surface area contributed by atoms with Gasteiger partial charge in [-0.25, -0.2) is 17.2 Å². The summed E-state index contributed by atoms with van der Waals surface area (Å²) in [5.41, 5.74) is 0.0680. The van der Waals surface area contributed by atoms with E-state index >= 15 is 0 Å². The first-order chi connectivity index (χ1) is 13.2. The van der Waals surface area contributed by atoms with E-state index in [0.29, 0.717) is 5.02 Å². The molecular formula is C19H13ClF2N2O3S. The van der Waals surface area contributed by atoms with Crippen molar-refractivity contribution in [3.63, 3.8) is 0 Å². The van der Waals surface area contributed by atoms with Crippen molar-refractivity contribution in [2.45, 2.75) is 4.90 Å². The molecule has 3 aromatic carbocycles. The van der Waals surface area contributed by atoms with E-state index in [1.165, 1.54) is 36.4 Å². The summed E-state index contributed by atoms with van der Waals surface area (Å²) in [5, 5.41) is 2.81. The van der Waals surface area contributed by atoms with Gasteiger partial charge in [-0.3, -0.25) is 9.52 Å². The normalized spacial score (nSPS) is 11.1. The second-order valence-electron chi connectivity index (χ2n) is 5.72. The van der Waals surface area contributed by atoms with Gasteiger partial charge in [-0.1, -0.05) is 17.7 Å². The molecule has 0 atom stereocenters. The molecule has 0 aromatic heterocycles. The maximum absolute atomic E-state index is 14.3. The number of nitrogens with one attached hydrogen (secondary N) is 2. The smallest absolute Gasteiger partial charge is 0.261 e. The van der Waals surface area contributed by atoms with Crippen LogP contribution >= 0.6 is 11.6 Å². The van der Waals surface area contributed by atoms with Crippen LogP contribution in [0.15, 0.2) is 71.6 Å². The van der Waals surface area contributed by atoms with Crippen molar-refractivity contribution < 1.29 is 22.0 Å². The minimum Gasteiger partial charge on any atom is -0.319 e. The average molecular weight is 423 g/mol. The van der Waals surface area contributed by atoms with Crippen molar-refractivity contribution in [3.05, 3.63) is 89.0 Å². The largest absolute Gasteiger partial charge is 0.319 e. The zero-order valence-electron chi connectivity index (χ0n) is 14.1. The van der Waals surface area contributed by atoms with Gasteiger partial charge in [-0.2, -0.15) is 0 Å². The SMILES string of the molecule is O=C(Nc1ccc(S(=O)(=O)Nc2cccc(F)c2)cc1F)c1ccc(Cl)cc1. The highest BCUT2D eigenvalue weighted by atomic mass is 35.5. The van der Waals surface area contributed by atoms with Crippen molar-refractivity contribution in [3.8, 4) is 0 Å². The summed E-state index contributed by atoms with van der Waals surface area (Å²) in [6.45, 7) is 0. The molecule has 0 saturated heterocycles. The zero-order valence-corrected chi connectivity index (χ0v) is 15.7. The van der Waals surface area contributed by atoms with E-state index in [1.54, 1.807) is 0 Å². The summed E-state index contributed by atoms with van der Waals surface area (Å²) in [6, 6.07) is 13.8. The highest BCUT2D eigenvalue weighted by molar-refractivity contribution is 7.92. The van der Waals surface area contributed by atoms with Crippen LogP contribution in [0.3, 0.4) is 0 Å². The van der Waals surface area contributed by atoms with Crippen LogP contribution in [0, 0.1) is 11.6 Å². The fourth-order valence-corrected chi connectivity index (χ4v) is 3.51. The topological polar surface area (TPSA) is 75.3 Å². The Kier molecular flexibility index (Phi) is 5.62. The molecule has 0 radical (unpaired) electrons. The zero-order chi connectivity index (χ0) is 20.3. The standard InChI is InChI=1S/C19H13ClF2N2O3S/c20-13-6-4-12(5-7-13)19(25)23-18-9-8-16(11-17(18)22)28(26,27)24-15-3-1-2-14(21)10-15/h1-11,24H,(H,23,25). The molecule has 28 heavy (non-hydrogen) atoms. The van der Waals surface area contributed by atoms with Gasteiger partial charge in [0.1, 0.15) is 11.6 Å². The average Bonchev–Trinajstić information content (AvgIpc) is 2.63. The monoisotopic (exact) mass is 422 g/mol. The predicted octanol–water partition coefficient (Wildman–Crippen LogP) is 4.67. The molecule has 3 aromatic rings. The molecule has 0 aliphatic heterocycles. The maximum Gasteiger partial charge on any atom is 0.261 e. The highest BCUT2D eigenvalue weighted by Crippen LogP contribution is 2.22. The number of rotatable bonds is 5. The third-order valence-corrected chi connectivity index (χ3v) is 5.31. The Morgan fingerprint density at radius 2 is 1.64 bits per heavy atom. The summed E-state index contributed by atoms with van der Waals surface area (Å²) in [7, 11) is -4.14. The lowest BCUT2D eigenvalue weighted by atomic mass is 10.2. The minimum atomic E-state index is -4.14. The maximum atomic E-state index is 14.3. The van der Waals surface area contributed by atoms with E-state index in [0.717, 1.165) is 30.3 Å². The Bertz CT molecular complexity index is 1140. The van der Waals surface area contributed by atoms with E-state index < -0.39 is 27.6 Å². The molecule has 144 valence electrons. The third-order valence-electron chi connectivity index (χ3n) is 3.68. The number of anilines is 2. The van der Waals surface area contributed by atoms with E-state index in [2.05, 4.69) is 10.0 Å². The Morgan fingerprint density at radius 1 is 0.929 bits per heavy atom. The van der Waals surface area contributed by atoms with Gasteiger partial charge in [0.25, 0.3) is 15.9 Å². The van der Waals surface area contributed by atoms with Crippen molar-refractivity contribution in [1.29, 1.82) is 0 Å². The number of carbonyl (C=O) groups excluding carboxylic acids is 1. The van der Waals surface area contributed by atoms with Crippen molar-refractivity contribution in [2.24, 2.45) is 0 Å². The van der Waals surface area contributed by atoms with Crippen LogP contribution in [0.1, 0.15) is 10.4 Å². The molecule has 0 heterocycles. The van der Waals surface area contributed by atoms with Crippen LogP contribution in [0.25, 0.3) is 0 Å². The Morgan fingerprint density at radius 3 is 2.29 bits per heavy atom. The molecular weight excluding hydrogens is 410 g/mol. The molecule has 0 aliphatic carbocycles. The molecule has 9 heteroatoms. The highest BCUT2D eigenvalue weighted by Gasteiger charge is 2.18. The van der Waals surface area contributed by atoms with Crippen LogP contribution in [0.5, 0.6) is 0 Å². The number of sulfonamides is 1.